The van der Waals surface area contributed by atoms with E-state index in [1.165, 1.54) is 32.1 Å². The molecule has 0 amide bonds. The average molecular weight is 397 g/mol. The van der Waals surface area contributed by atoms with Gasteiger partial charge in [0.25, 0.3) is 0 Å². The fourth-order valence-electron chi connectivity index (χ4n) is 3.57. The molecule has 0 atom stereocenters. The van der Waals surface area contributed by atoms with Crippen molar-refractivity contribution in [1.82, 2.24) is 4.98 Å². The van der Waals surface area contributed by atoms with Gasteiger partial charge >= 0.3 is 6.16 Å². The van der Waals surface area contributed by atoms with Crippen LogP contribution in [0.1, 0.15) is 57.9 Å². The maximum atomic E-state index is 14.7. The zero-order valence-electron chi connectivity index (χ0n) is 17.2. The van der Waals surface area contributed by atoms with Gasteiger partial charge in [-0.25, -0.2) is 9.78 Å². The van der Waals surface area contributed by atoms with Crippen molar-refractivity contribution >= 4 is 27.8 Å². The van der Waals surface area contributed by atoms with Crippen LogP contribution in [0.5, 0.6) is 5.75 Å². The number of carbonyl (C=O) groups excluding carboxylic acids is 1. The minimum absolute atomic E-state index is 0.227. The molecule has 4 nitrogen and oxygen atoms in total. The Morgan fingerprint density at radius 1 is 0.931 bits per heavy atom. The topological polar surface area (TPSA) is 48.4 Å². The predicted molar refractivity (Wildman–Crippen MR) is 114 cm³/mol. The number of hydrogen-bond donors (Lipinski definition) is 0. The summed E-state index contributed by atoms with van der Waals surface area (Å²) in [6.45, 7) is 4.14. The fraction of sp³-hybridized carbons (Fsp3) is 0.417. The number of fused-ring (bicyclic) bond motifs is 3. The molecule has 0 spiro atoms. The number of pyridine rings is 1. The molecule has 0 bridgehead atoms. The maximum absolute atomic E-state index is 14.7. The highest BCUT2D eigenvalue weighted by Crippen LogP contribution is 2.29. The van der Waals surface area contributed by atoms with Crippen LogP contribution in [0, 0.1) is 5.95 Å². The van der Waals surface area contributed by atoms with Gasteiger partial charge in [-0.3, -0.25) is 0 Å². The van der Waals surface area contributed by atoms with E-state index in [0.717, 1.165) is 29.2 Å². The van der Waals surface area contributed by atoms with Gasteiger partial charge in [-0.1, -0.05) is 51.2 Å². The molecule has 2 aromatic carbocycles. The van der Waals surface area contributed by atoms with Crippen molar-refractivity contribution in [3.8, 4) is 5.75 Å². The number of halogens is 1. The van der Waals surface area contributed by atoms with E-state index in [4.69, 9.17) is 9.47 Å². The molecule has 3 aromatic rings. The van der Waals surface area contributed by atoms with E-state index in [0.29, 0.717) is 10.9 Å². The molecular weight excluding hydrogens is 369 g/mol. The van der Waals surface area contributed by atoms with Crippen molar-refractivity contribution < 1.29 is 18.7 Å². The predicted octanol–water partition coefficient (Wildman–Crippen LogP) is 6.97. The van der Waals surface area contributed by atoms with E-state index in [1.807, 2.05) is 12.1 Å². The van der Waals surface area contributed by atoms with E-state index in [9.17, 15) is 9.18 Å². The molecule has 0 saturated carbocycles. The summed E-state index contributed by atoms with van der Waals surface area (Å²) in [5, 5.41) is 2.16. The highest BCUT2D eigenvalue weighted by Gasteiger charge is 2.12. The van der Waals surface area contributed by atoms with Crippen molar-refractivity contribution in [3.05, 3.63) is 47.9 Å². The molecule has 0 fully saturated rings. The van der Waals surface area contributed by atoms with E-state index >= 15 is 0 Å². The Hall–Kier alpha value is -2.69. The van der Waals surface area contributed by atoms with Gasteiger partial charge in [0.1, 0.15) is 5.75 Å². The molecule has 0 aliphatic rings. The second-order valence-corrected chi connectivity index (χ2v) is 7.26. The van der Waals surface area contributed by atoms with E-state index in [2.05, 4.69) is 18.0 Å². The molecule has 154 valence electrons. The van der Waals surface area contributed by atoms with Crippen LogP contribution in [-0.2, 0) is 11.2 Å². The largest absolute Gasteiger partial charge is 0.513 e. The van der Waals surface area contributed by atoms with Gasteiger partial charge in [0, 0.05) is 16.8 Å². The molecule has 1 aromatic heterocycles. The van der Waals surface area contributed by atoms with Gasteiger partial charge in [0.05, 0.1) is 12.1 Å². The minimum atomic E-state index is -0.785. The molecule has 29 heavy (non-hydrogen) atoms. The number of hydrogen-bond acceptors (Lipinski definition) is 4. The second-order valence-electron chi connectivity index (χ2n) is 7.26. The Kier molecular flexibility index (Phi) is 7.39. The summed E-state index contributed by atoms with van der Waals surface area (Å²) in [6.07, 6.45) is 7.59. The van der Waals surface area contributed by atoms with Crippen molar-refractivity contribution in [3.63, 3.8) is 0 Å². The standard InChI is InChI=1S/C24H28FNO3/c1-3-5-6-7-8-9-10-17-11-13-19-20-14-12-18(29-24(27)28-4-2)16-22(20)26-23(25)21(19)15-17/h11-16H,3-10H2,1-2H3. The third-order valence-corrected chi connectivity index (χ3v) is 5.07. The van der Waals surface area contributed by atoms with Crippen LogP contribution in [0.4, 0.5) is 9.18 Å². The SMILES string of the molecule is CCCCCCCCc1ccc2c(c1)c(F)nc1cc(OC(=O)OCC)ccc12. The van der Waals surface area contributed by atoms with Crippen LogP contribution in [0.15, 0.2) is 36.4 Å². The van der Waals surface area contributed by atoms with Gasteiger partial charge in [0.15, 0.2) is 0 Å². The molecule has 0 aliphatic heterocycles. The van der Waals surface area contributed by atoms with Crippen molar-refractivity contribution in [2.45, 2.75) is 58.8 Å². The highest BCUT2D eigenvalue weighted by atomic mass is 19.1. The Morgan fingerprint density at radius 2 is 1.69 bits per heavy atom. The van der Waals surface area contributed by atoms with Gasteiger partial charge in [-0.2, -0.15) is 4.39 Å². The summed E-state index contributed by atoms with van der Waals surface area (Å²) in [6, 6.07) is 11.0. The lowest BCUT2D eigenvalue weighted by Gasteiger charge is -2.09. The van der Waals surface area contributed by atoms with Crippen molar-refractivity contribution in [2.75, 3.05) is 6.61 Å². The van der Waals surface area contributed by atoms with E-state index < -0.39 is 12.1 Å². The number of benzene rings is 2. The number of ether oxygens (including phenoxy) is 2. The molecule has 5 heteroatoms. The van der Waals surface area contributed by atoms with E-state index in [1.54, 1.807) is 25.1 Å². The van der Waals surface area contributed by atoms with Crippen LogP contribution in [-0.4, -0.2) is 17.7 Å². The van der Waals surface area contributed by atoms with Gasteiger partial charge in [-0.15, -0.1) is 0 Å². The second kappa shape index (κ2) is 10.2. The van der Waals surface area contributed by atoms with Crippen molar-refractivity contribution in [2.24, 2.45) is 0 Å². The lowest BCUT2D eigenvalue weighted by atomic mass is 10.00. The Balaban J connectivity index is 1.78. The molecule has 3 rings (SSSR count). The zero-order valence-corrected chi connectivity index (χ0v) is 17.2. The number of rotatable bonds is 9. The van der Waals surface area contributed by atoms with Crippen molar-refractivity contribution in [1.29, 1.82) is 0 Å². The Morgan fingerprint density at radius 3 is 2.48 bits per heavy atom. The Labute approximate surface area is 171 Å². The van der Waals surface area contributed by atoms with Gasteiger partial charge in [0.2, 0.25) is 5.95 Å². The zero-order chi connectivity index (χ0) is 20.6. The first-order valence-corrected chi connectivity index (χ1v) is 10.5. The summed E-state index contributed by atoms with van der Waals surface area (Å²) in [7, 11) is 0. The first-order chi connectivity index (χ1) is 14.1. The van der Waals surface area contributed by atoms with Crippen LogP contribution in [0.25, 0.3) is 21.7 Å². The summed E-state index contributed by atoms with van der Waals surface area (Å²) < 4.78 is 24.6. The third kappa shape index (κ3) is 5.43. The molecule has 0 aliphatic carbocycles. The minimum Gasteiger partial charge on any atom is -0.434 e. The highest BCUT2D eigenvalue weighted by molar-refractivity contribution is 6.06. The van der Waals surface area contributed by atoms with Crippen LogP contribution < -0.4 is 4.74 Å². The van der Waals surface area contributed by atoms with Gasteiger partial charge in [-0.05, 0) is 48.9 Å². The number of aryl methyl sites for hydroxylation is 1. The fourth-order valence-corrected chi connectivity index (χ4v) is 3.57. The summed E-state index contributed by atoms with van der Waals surface area (Å²) >= 11 is 0. The normalized spacial score (nSPS) is 11.1. The Bertz CT molecular complexity index is 987. The van der Waals surface area contributed by atoms with Crippen LogP contribution >= 0.6 is 0 Å². The summed E-state index contributed by atoms with van der Waals surface area (Å²) in [4.78, 5) is 15.6. The van der Waals surface area contributed by atoms with Crippen LogP contribution in [0.2, 0.25) is 0 Å². The molecule has 0 saturated heterocycles. The molecular formula is C24H28FNO3. The average Bonchev–Trinajstić information content (AvgIpc) is 2.71. The lowest BCUT2D eigenvalue weighted by Crippen LogP contribution is -2.09. The number of aromatic nitrogens is 1. The summed E-state index contributed by atoms with van der Waals surface area (Å²) in [5.74, 6) is -0.229. The number of unbranched alkanes of at least 4 members (excludes halogenated alkanes) is 5. The first-order valence-electron chi connectivity index (χ1n) is 10.5. The molecule has 0 radical (unpaired) electrons. The van der Waals surface area contributed by atoms with Gasteiger partial charge < -0.3 is 9.47 Å². The molecule has 0 N–H and O–H groups in total. The first kappa shape index (κ1) is 21.0. The number of nitrogens with zero attached hydrogens (tertiary/aromatic N) is 1. The molecule has 0 unspecified atom stereocenters. The van der Waals surface area contributed by atoms with Crippen LogP contribution in [0.3, 0.4) is 0 Å². The molecule has 1 heterocycles. The maximum Gasteiger partial charge on any atom is 0.513 e. The number of carbonyl (C=O) groups is 1. The lowest BCUT2D eigenvalue weighted by molar-refractivity contribution is 0.104. The summed E-state index contributed by atoms with van der Waals surface area (Å²) in [5.41, 5.74) is 1.58. The van der Waals surface area contributed by atoms with E-state index in [-0.39, 0.29) is 12.4 Å². The monoisotopic (exact) mass is 397 g/mol. The smallest absolute Gasteiger partial charge is 0.434 e. The third-order valence-electron chi connectivity index (χ3n) is 5.07. The quantitative estimate of drug-likeness (QED) is 0.129.